The number of hydrogen-bond donors (Lipinski definition) is 0. The lowest BCUT2D eigenvalue weighted by Crippen LogP contribution is -2.37. The Hall–Kier alpha value is -0.880. The van der Waals surface area contributed by atoms with Crippen molar-refractivity contribution >= 4 is 37.4 Å². The average Bonchev–Trinajstić information content (AvgIpc) is 2.14. The second-order valence-corrected chi connectivity index (χ2v) is 6.22. The van der Waals surface area contributed by atoms with Crippen molar-refractivity contribution in [3.8, 4) is 0 Å². The van der Waals surface area contributed by atoms with Gasteiger partial charge in [0.1, 0.15) is 5.75 Å². The van der Waals surface area contributed by atoms with Gasteiger partial charge in [-0.25, -0.2) is 8.42 Å². The fourth-order valence-corrected chi connectivity index (χ4v) is 3.00. The summed E-state index contributed by atoms with van der Waals surface area (Å²) in [7, 11) is -2.02. The molecule has 1 aliphatic heterocycles. The Balaban J connectivity index is 2.69. The van der Waals surface area contributed by atoms with Gasteiger partial charge < -0.3 is 0 Å². The summed E-state index contributed by atoms with van der Waals surface area (Å²) >= 11 is 3.25. The lowest BCUT2D eigenvalue weighted by molar-refractivity contribution is 0.102. The van der Waals surface area contributed by atoms with Crippen LogP contribution in [0.25, 0.3) is 0 Å². The molecule has 0 aromatic heterocycles. The third-order valence-corrected chi connectivity index (χ3v) is 4.48. The summed E-state index contributed by atoms with van der Waals surface area (Å²) in [4.78, 5) is 11.6. The first-order valence-corrected chi connectivity index (χ1v) is 6.61. The predicted octanol–water partition coefficient (Wildman–Crippen LogP) is 1.41. The van der Waals surface area contributed by atoms with Crippen LogP contribution < -0.4 is 4.31 Å². The van der Waals surface area contributed by atoms with Crippen LogP contribution >= 0.6 is 15.9 Å². The highest BCUT2D eigenvalue weighted by molar-refractivity contribution is 9.10. The third kappa shape index (κ3) is 1.68. The van der Waals surface area contributed by atoms with Gasteiger partial charge in [0.25, 0.3) is 0 Å². The lowest BCUT2D eigenvalue weighted by Gasteiger charge is -2.26. The molecule has 0 radical (unpaired) electrons. The molecule has 2 rings (SSSR count). The third-order valence-electron chi connectivity index (χ3n) is 2.33. The van der Waals surface area contributed by atoms with Crippen LogP contribution in [-0.2, 0) is 10.0 Å². The molecule has 0 atom stereocenters. The Bertz CT molecular complexity index is 538. The number of ketones is 1. The van der Waals surface area contributed by atoms with E-state index in [2.05, 4.69) is 15.9 Å². The van der Waals surface area contributed by atoms with Gasteiger partial charge in [0.05, 0.1) is 5.69 Å². The van der Waals surface area contributed by atoms with E-state index in [0.29, 0.717) is 11.3 Å². The molecular weight excluding hydrogens is 282 g/mol. The molecule has 6 heteroatoms. The van der Waals surface area contributed by atoms with Crippen LogP contribution in [0.2, 0.25) is 0 Å². The summed E-state index contributed by atoms with van der Waals surface area (Å²) in [6.07, 6.45) is 0. The van der Waals surface area contributed by atoms with E-state index < -0.39 is 15.8 Å². The Morgan fingerprint density at radius 3 is 2.73 bits per heavy atom. The van der Waals surface area contributed by atoms with Gasteiger partial charge in [-0.2, -0.15) is 0 Å². The maximum Gasteiger partial charge on any atom is 0.242 e. The molecule has 0 unspecified atom stereocenters. The van der Waals surface area contributed by atoms with Crippen LogP contribution in [0, 0.1) is 0 Å². The van der Waals surface area contributed by atoms with E-state index >= 15 is 0 Å². The van der Waals surface area contributed by atoms with Gasteiger partial charge in [0, 0.05) is 17.1 Å². The second kappa shape index (κ2) is 3.31. The number of halogens is 1. The molecule has 0 amide bonds. The first kappa shape index (κ1) is 10.6. The SMILES string of the molecule is CN1c2ccc(Br)cc2C(=O)CS1(=O)=O. The molecular formula is C9H8BrNO3S. The van der Waals surface area contributed by atoms with Crippen LogP contribution in [-0.4, -0.2) is 27.0 Å². The molecule has 0 saturated heterocycles. The summed E-state index contributed by atoms with van der Waals surface area (Å²) in [5.74, 6) is -0.808. The monoisotopic (exact) mass is 289 g/mol. The minimum atomic E-state index is -3.47. The summed E-state index contributed by atoms with van der Waals surface area (Å²) in [5, 5.41) is 0. The first-order chi connectivity index (χ1) is 6.92. The van der Waals surface area contributed by atoms with Gasteiger partial charge in [-0.15, -0.1) is 0 Å². The van der Waals surface area contributed by atoms with E-state index in [1.165, 1.54) is 7.05 Å². The molecule has 80 valence electrons. The van der Waals surface area contributed by atoms with Crippen molar-refractivity contribution < 1.29 is 13.2 Å². The Morgan fingerprint density at radius 2 is 2.07 bits per heavy atom. The number of carbonyl (C=O) groups excluding carboxylic acids is 1. The maximum atomic E-state index is 11.6. The Morgan fingerprint density at radius 1 is 1.40 bits per heavy atom. The average molecular weight is 290 g/mol. The molecule has 4 nitrogen and oxygen atoms in total. The maximum absolute atomic E-state index is 11.6. The van der Waals surface area contributed by atoms with Crippen LogP contribution in [0.4, 0.5) is 5.69 Å². The zero-order valence-electron chi connectivity index (χ0n) is 7.90. The smallest absolute Gasteiger partial charge is 0.242 e. The molecule has 0 spiro atoms. The van der Waals surface area contributed by atoms with E-state index in [4.69, 9.17) is 0 Å². The quantitative estimate of drug-likeness (QED) is 0.726. The van der Waals surface area contributed by atoms with Gasteiger partial charge in [0.2, 0.25) is 10.0 Å². The molecule has 0 fully saturated rings. The number of sulfonamides is 1. The van der Waals surface area contributed by atoms with Crippen molar-refractivity contribution in [2.45, 2.75) is 0 Å². The zero-order chi connectivity index (χ0) is 11.2. The van der Waals surface area contributed by atoms with Gasteiger partial charge >= 0.3 is 0 Å². The van der Waals surface area contributed by atoms with E-state index in [9.17, 15) is 13.2 Å². The summed E-state index contributed by atoms with van der Waals surface area (Å²) in [6, 6.07) is 4.97. The number of fused-ring (bicyclic) bond motifs is 1. The molecule has 0 bridgehead atoms. The van der Waals surface area contributed by atoms with Gasteiger partial charge in [-0.3, -0.25) is 9.10 Å². The molecule has 0 aliphatic carbocycles. The van der Waals surface area contributed by atoms with Crippen LogP contribution in [0.3, 0.4) is 0 Å². The number of carbonyl (C=O) groups is 1. The zero-order valence-corrected chi connectivity index (χ0v) is 10.3. The fraction of sp³-hybridized carbons (Fsp3) is 0.222. The van der Waals surface area contributed by atoms with Crippen molar-refractivity contribution in [2.24, 2.45) is 0 Å². The van der Waals surface area contributed by atoms with Crippen LogP contribution in [0.15, 0.2) is 22.7 Å². The number of hydrogen-bond acceptors (Lipinski definition) is 3. The second-order valence-electron chi connectivity index (χ2n) is 3.31. The topological polar surface area (TPSA) is 54.5 Å². The van der Waals surface area contributed by atoms with Gasteiger partial charge in [-0.05, 0) is 18.2 Å². The number of Topliss-reactive ketones (excluding diaryl/α,β-unsaturated/α-hetero) is 1. The number of nitrogens with zero attached hydrogens (tertiary/aromatic N) is 1. The minimum Gasteiger partial charge on any atom is -0.293 e. The highest BCUT2D eigenvalue weighted by Gasteiger charge is 2.32. The largest absolute Gasteiger partial charge is 0.293 e. The van der Waals surface area contributed by atoms with Crippen molar-refractivity contribution in [2.75, 3.05) is 17.1 Å². The molecule has 1 heterocycles. The van der Waals surface area contributed by atoms with Crippen molar-refractivity contribution in [3.63, 3.8) is 0 Å². The predicted molar refractivity (Wildman–Crippen MR) is 60.7 cm³/mol. The molecule has 0 N–H and O–H groups in total. The van der Waals surface area contributed by atoms with Crippen LogP contribution in [0.5, 0.6) is 0 Å². The van der Waals surface area contributed by atoms with Crippen molar-refractivity contribution in [1.82, 2.24) is 0 Å². The normalized spacial score (nSPS) is 18.8. The van der Waals surface area contributed by atoms with Gasteiger partial charge in [0.15, 0.2) is 5.78 Å². The number of anilines is 1. The highest BCUT2D eigenvalue weighted by atomic mass is 79.9. The summed E-state index contributed by atoms with van der Waals surface area (Å²) in [6.45, 7) is 0. The molecule has 1 aromatic rings. The first-order valence-electron chi connectivity index (χ1n) is 4.21. The van der Waals surface area contributed by atoms with E-state index in [1.807, 2.05) is 0 Å². The molecule has 1 aliphatic rings. The minimum absolute atomic E-state index is 0.357. The number of rotatable bonds is 0. The Kier molecular flexibility index (Phi) is 2.35. The summed E-state index contributed by atoms with van der Waals surface area (Å²) in [5.41, 5.74) is 0.885. The number of benzene rings is 1. The summed E-state index contributed by atoms with van der Waals surface area (Å²) < 4.78 is 25.0. The lowest BCUT2D eigenvalue weighted by atomic mass is 10.1. The van der Waals surface area contributed by atoms with E-state index in [0.717, 1.165) is 8.78 Å². The molecule has 0 saturated carbocycles. The molecule has 15 heavy (non-hydrogen) atoms. The molecule has 1 aromatic carbocycles. The van der Waals surface area contributed by atoms with E-state index in [1.54, 1.807) is 18.2 Å². The fourth-order valence-electron chi connectivity index (χ4n) is 1.50. The van der Waals surface area contributed by atoms with Crippen molar-refractivity contribution in [3.05, 3.63) is 28.2 Å². The van der Waals surface area contributed by atoms with Crippen LogP contribution in [0.1, 0.15) is 10.4 Å². The highest BCUT2D eigenvalue weighted by Crippen LogP contribution is 2.30. The Labute approximate surface area is 96.1 Å². The van der Waals surface area contributed by atoms with E-state index in [-0.39, 0.29) is 5.78 Å². The van der Waals surface area contributed by atoms with Gasteiger partial charge in [-0.1, -0.05) is 15.9 Å². The van der Waals surface area contributed by atoms with Crippen molar-refractivity contribution in [1.29, 1.82) is 0 Å². The standard InChI is InChI=1S/C9H8BrNO3S/c1-11-8-3-2-6(10)4-7(8)9(12)5-15(11,13)14/h2-4H,5H2,1H3.